The molecule has 1 heterocycles. The van der Waals surface area contributed by atoms with Gasteiger partial charge in [0.1, 0.15) is 12.3 Å². The Morgan fingerprint density at radius 2 is 1.68 bits per heavy atom. The van der Waals surface area contributed by atoms with E-state index in [1.807, 2.05) is 0 Å². The van der Waals surface area contributed by atoms with Crippen molar-refractivity contribution in [2.45, 2.75) is 6.54 Å². The number of nitrogens with one attached hydrogen (secondary N) is 2. The zero-order chi connectivity index (χ0) is 20.1. The van der Waals surface area contributed by atoms with Crippen molar-refractivity contribution in [2.75, 3.05) is 23.5 Å². The SMILES string of the molecule is COc1ccc(NC(=O)Cn2nnc(C(=O)Nc3ccc(Br)cc3)c2N)cc1. The highest BCUT2D eigenvalue weighted by Crippen LogP contribution is 2.17. The van der Waals surface area contributed by atoms with E-state index in [0.29, 0.717) is 17.1 Å². The number of halogens is 1. The van der Waals surface area contributed by atoms with Crippen molar-refractivity contribution in [1.29, 1.82) is 0 Å². The molecule has 4 N–H and O–H groups in total. The molecule has 144 valence electrons. The fourth-order valence-electron chi connectivity index (χ4n) is 2.33. The maximum absolute atomic E-state index is 12.3. The molecule has 0 saturated heterocycles. The number of nitrogen functional groups attached to an aromatic ring is 1. The molecule has 3 rings (SSSR count). The van der Waals surface area contributed by atoms with Crippen molar-refractivity contribution in [3.63, 3.8) is 0 Å². The van der Waals surface area contributed by atoms with Gasteiger partial charge in [-0.15, -0.1) is 5.10 Å². The van der Waals surface area contributed by atoms with Gasteiger partial charge in [0.2, 0.25) is 5.91 Å². The van der Waals surface area contributed by atoms with Crippen LogP contribution in [0.4, 0.5) is 17.2 Å². The molecule has 0 aliphatic rings. The number of aromatic nitrogens is 3. The zero-order valence-electron chi connectivity index (χ0n) is 14.8. The van der Waals surface area contributed by atoms with Gasteiger partial charge in [0.05, 0.1) is 7.11 Å². The smallest absolute Gasteiger partial charge is 0.280 e. The fourth-order valence-corrected chi connectivity index (χ4v) is 2.60. The highest BCUT2D eigenvalue weighted by molar-refractivity contribution is 9.10. The third-order valence-electron chi connectivity index (χ3n) is 3.76. The topological polar surface area (TPSA) is 124 Å². The van der Waals surface area contributed by atoms with Crippen molar-refractivity contribution in [3.05, 3.63) is 58.7 Å². The van der Waals surface area contributed by atoms with E-state index < -0.39 is 5.91 Å². The van der Waals surface area contributed by atoms with Crippen LogP contribution in [-0.4, -0.2) is 33.9 Å². The highest BCUT2D eigenvalue weighted by atomic mass is 79.9. The molecular formula is C18H17BrN6O3. The van der Waals surface area contributed by atoms with Gasteiger partial charge in [-0.2, -0.15) is 0 Å². The molecule has 0 spiro atoms. The van der Waals surface area contributed by atoms with Crippen molar-refractivity contribution in [1.82, 2.24) is 15.0 Å². The number of nitrogens with two attached hydrogens (primary N) is 1. The summed E-state index contributed by atoms with van der Waals surface area (Å²) in [5.74, 6) is -0.192. The lowest BCUT2D eigenvalue weighted by molar-refractivity contribution is -0.116. The summed E-state index contributed by atoms with van der Waals surface area (Å²) < 4.78 is 7.12. The largest absolute Gasteiger partial charge is 0.497 e. The number of carbonyl (C=O) groups is 2. The molecule has 0 saturated carbocycles. The fraction of sp³-hybridized carbons (Fsp3) is 0.111. The summed E-state index contributed by atoms with van der Waals surface area (Å²) in [5.41, 5.74) is 7.06. The van der Waals surface area contributed by atoms with E-state index in [4.69, 9.17) is 10.5 Å². The van der Waals surface area contributed by atoms with Gasteiger partial charge in [-0.05, 0) is 48.5 Å². The molecule has 0 aliphatic heterocycles. The molecule has 10 heteroatoms. The number of methoxy groups -OCH3 is 1. The Morgan fingerprint density at radius 3 is 2.32 bits per heavy atom. The normalized spacial score (nSPS) is 10.4. The van der Waals surface area contributed by atoms with E-state index in [9.17, 15) is 9.59 Å². The summed E-state index contributed by atoms with van der Waals surface area (Å²) in [5, 5.41) is 13.0. The van der Waals surface area contributed by atoms with Crippen LogP contribution in [0, 0.1) is 0 Å². The average Bonchev–Trinajstić information content (AvgIpc) is 3.04. The molecule has 1 aromatic heterocycles. The molecule has 0 bridgehead atoms. The number of carbonyl (C=O) groups excluding carboxylic acids is 2. The lowest BCUT2D eigenvalue weighted by Crippen LogP contribution is -2.21. The molecule has 0 aliphatic carbocycles. The molecule has 9 nitrogen and oxygen atoms in total. The predicted octanol–water partition coefficient (Wildman–Crippen LogP) is 2.52. The molecule has 0 unspecified atom stereocenters. The number of ether oxygens (including phenoxy) is 1. The minimum Gasteiger partial charge on any atom is -0.497 e. The molecule has 0 radical (unpaired) electrons. The molecule has 28 heavy (non-hydrogen) atoms. The third kappa shape index (κ3) is 4.65. The Morgan fingerprint density at radius 1 is 1.07 bits per heavy atom. The average molecular weight is 445 g/mol. The number of hydrogen-bond donors (Lipinski definition) is 3. The minimum atomic E-state index is -0.512. The Kier molecular flexibility index (Phi) is 5.90. The molecule has 2 aromatic carbocycles. The summed E-state index contributed by atoms with van der Waals surface area (Å²) in [6.07, 6.45) is 0. The van der Waals surface area contributed by atoms with Crippen molar-refractivity contribution in [3.8, 4) is 5.75 Å². The van der Waals surface area contributed by atoms with Gasteiger partial charge in [-0.1, -0.05) is 21.1 Å². The zero-order valence-corrected chi connectivity index (χ0v) is 16.4. The standard InChI is InChI=1S/C18H17BrN6O3/c1-28-14-8-6-12(7-9-14)21-15(26)10-25-17(20)16(23-24-25)18(27)22-13-4-2-11(19)3-5-13/h2-9H,10,20H2,1H3,(H,21,26)(H,22,27). The second kappa shape index (κ2) is 8.53. The van der Waals surface area contributed by atoms with E-state index in [2.05, 4.69) is 36.9 Å². The van der Waals surface area contributed by atoms with Crippen molar-refractivity contribution < 1.29 is 14.3 Å². The van der Waals surface area contributed by atoms with Crippen LogP contribution in [0.2, 0.25) is 0 Å². The van der Waals surface area contributed by atoms with Crippen molar-refractivity contribution >= 4 is 44.9 Å². The lowest BCUT2D eigenvalue weighted by Gasteiger charge is -2.07. The van der Waals surface area contributed by atoms with E-state index in [-0.39, 0.29) is 24.0 Å². The third-order valence-corrected chi connectivity index (χ3v) is 4.29. The Bertz CT molecular complexity index is 986. The van der Waals surface area contributed by atoms with E-state index in [0.717, 1.165) is 9.15 Å². The van der Waals surface area contributed by atoms with Crippen LogP contribution in [0.3, 0.4) is 0 Å². The van der Waals surface area contributed by atoms with E-state index in [1.165, 1.54) is 0 Å². The second-order valence-electron chi connectivity index (χ2n) is 5.72. The van der Waals surface area contributed by atoms with Crippen molar-refractivity contribution in [2.24, 2.45) is 0 Å². The number of nitrogens with zero attached hydrogens (tertiary/aromatic N) is 3. The van der Waals surface area contributed by atoms with Gasteiger partial charge >= 0.3 is 0 Å². The van der Waals surface area contributed by atoms with Crippen LogP contribution in [0.1, 0.15) is 10.5 Å². The van der Waals surface area contributed by atoms with Crippen LogP contribution >= 0.6 is 15.9 Å². The lowest BCUT2D eigenvalue weighted by atomic mass is 10.3. The number of anilines is 3. The van der Waals surface area contributed by atoms with Gasteiger partial charge in [0.15, 0.2) is 11.5 Å². The van der Waals surface area contributed by atoms with E-state index >= 15 is 0 Å². The summed E-state index contributed by atoms with van der Waals surface area (Å²) in [4.78, 5) is 24.5. The maximum atomic E-state index is 12.3. The number of benzene rings is 2. The van der Waals surface area contributed by atoms with Gasteiger partial charge in [-0.3, -0.25) is 9.59 Å². The molecular weight excluding hydrogens is 428 g/mol. The first kappa shape index (κ1) is 19.4. The predicted molar refractivity (Wildman–Crippen MR) is 108 cm³/mol. The quantitative estimate of drug-likeness (QED) is 0.536. The van der Waals surface area contributed by atoms with Crippen LogP contribution < -0.4 is 21.1 Å². The summed E-state index contributed by atoms with van der Waals surface area (Å²) in [6, 6.07) is 13.9. The van der Waals surface area contributed by atoms with E-state index in [1.54, 1.807) is 55.6 Å². The summed E-state index contributed by atoms with van der Waals surface area (Å²) >= 11 is 3.32. The molecule has 0 fully saturated rings. The maximum Gasteiger partial charge on any atom is 0.280 e. The van der Waals surface area contributed by atoms with Gasteiger partial charge in [0, 0.05) is 15.8 Å². The molecule has 3 aromatic rings. The van der Waals surface area contributed by atoms with Gasteiger partial charge in [-0.25, -0.2) is 4.68 Å². The monoisotopic (exact) mass is 444 g/mol. The Labute approximate surface area is 169 Å². The van der Waals surface area contributed by atoms with Crippen LogP contribution in [0.5, 0.6) is 5.75 Å². The van der Waals surface area contributed by atoms with Crippen LogP contribution in [0.25, 0.3) is 0 Å². The minimum absolute atomic E-state index is 0.000470. The molecule has 2 amide bonds. The first-order chi connectivity index (χ1) is 13.5. The Hall–Kier alpha value is -3.40. The second-order valence-corrected chi connectivity index (χ2v) is 6.63. The van der Waals surface area contributed by atoms with Crippen LogP contribution in [0.15, 0.2) is 53.0 Å². The van der Waals surface area contributed by atoms with Gasteiger partial charge in [0.25, 0.3) is 5.91 Å². The number of hydrogen-bond acceptors (Lipinski definition) is 6. The summed E-state index contributed by atoms with van der Waals surface area (Å²) in [7, 11) is 1.56. The first-order valence-electron chi connectivity index (χ1n) is 8.16. The first-order valence-corrected chi connectivity index (χ1v) is 8.95. The van der Waals surface area contributed by atoms with Gasteiger partial charge < -0.3 is 21.1 Å². The Balaban J connectivity index is 1.63. The molecule has 0 atom stereocenters. The van der Waals surface area contributed by atoms with Crippen LogP contribution in [-0.2, 0) is 11.3 Å². The summed E-state index contributed by atoms with van der Waals surface area (Å²) in [6.45, 7) is -0.184. The number of amides is 2. The number of rotatable bonds is 6. The highest BCUT2D eigenvalue weighted by Gasteiger charge is 2.19.